The molecule has 0 saturated heterocycles. The molecule has 0 radical (unpaired) electrons. The van der Waals surface area contributed by atoms with E-state index in [1.807, 2.05) is 24.0 Å². The van der Waals surface area contributed by atoms with E-state index in [1.165, 1.54) is 6.33 Å². The van der Waals surface area contributed by atoms with Crippen molar-refractivity contribution in [2.24, 2.45) is 7.05 Å². The number of hydrogen-bond acceptors (Lipinski definition) is 5. The zero-order valence-corrected chi connectivity index (χ0v) is 9.28. The topological polar surface area (TPSA) is 87.4 Å². The summed E-state index contributed by atoms with van der Waals surface area (Å²) in [5.41, 5.74) is 8.18. The third-order valence-electron chi connectivity index (χ3n) is 2.54. The summed E-state index contributed by atoms with van der Waals surface area (Å²) in [6.07, 6.45) is 6.93. The van der Waals surface area contributed by atoms with Gasteiger partial charge in [-0.2, -0.15) is 5.10 Å². The number of nitrogens with two attached hydrogens (primary N) is 1. The van der Waals surface area contributed by atoms with Gasteiger partial charge in [0.05, 0.1) is 19.1 Å². The zero-order chi connectivity index (χ0) is 11.8. The van der Waals surface area contributed by atoms with Crippen LogP contribution in [-0.4, -0.2) is 29.3 Å². The molecule has 0 aliphatic heterocycles. The maximum absolute atomic E-state index is 5.72. The minimum absolute atomic E-state index is 0.403. The van der Waals surface area contributed by atoms with Crippen LogP contribution in [0.5, 0.6) is 0 Å². The van der Waals surface area contributed by atoms with Crippen LogP contribution in [0.15, 0.2) is 25.0 Å². The van der Waals surface area contributed by atoms with Gasteiger partial charge in [0.25, 0.3) is 0 Å². The number of anilines is 1. The van der Waals surface area contributed by atoms with Gasteiger partial charge >= 0.3 is 0 Å². The summed E-state index contributed by atoms with van der Waals surface area (Å²) in [4.78, 5) is 12.3. The second-order valence-electron chi connectivity index (χ2n) is 3.83. The summed E-state index contributed by atoms with van der Waals surface area (Å²) >= 11 is 0. The van der Waals surface area contributed by atoms with Crippen molar-refractivity contribution in [1.82, 2.24) is 29.3 Å². The van der Waals surface area contributed by atoms with E-state index >= 15 is 0 Å². The van der Waals surface area contributed by atoms with Crippen LogP contribution in [0.1, 0.15) is 5.56 Å². The molecule has 0 amide bonds. The molecule has 0 bridgehead atoms. The fourth-order valence-corrected chi connectivity index (χ4v) is 1.76. The molecule has 0 fully saturated rings. The standard InChI is InChI=1S/C10H11N7/c1-16-3-7(2-15-16)4-17-6-14-8-9(11)12-5-13-10(8)17/h2-3,5-6H,4H2,1H3,(H2,11,12,13). The highest BCUT2D eigenvalue weighted by Crippen LogP contribution is 2.15. The van der Waals surface area contributed by atoms with Crippen LogP contribution >= 0.6 is 0 Å². The average Bonchev–Trinajstić information content (AvgIpc) is 2.88. The molecule has 3 heterocycles. The molecule has 7 nitrogen and oxygen atoms in total. The lowest BCUT2D eigenvalue weighted by molar-refractivity contribution is 0.763. The molecule has 7 heteroatoms. The Bertz CT molecular complexity index is 666. The van der Waals surface area contributed by atoms with Crippen molar-refractivity contribution in [3.63, 3.8) is 0 Å². The Hall–Kier alpha value is -2.44. The van der Waals surface area contributed by atoms with E-state index in [-0.39, 0.29) is 0 Å². The van der Waals surface area contributed by atoms with Gasteiger partial charge < -0.3 is 10.3 Å². The Kier molecular flexibility index (Phi) is 2.04. The lowest BCUT2D eigenvalue weighted by atomic mass is 10.3. The second-order valence-corrected chi connectivity index (χ2v) is 3.83. The Morgan fingerprint density at radius 3 is 2.94 bits per heavy atom. The Labute approximate surface area is 96.9 Å². The molecule has 3 aromatic heterocycles. The van der Waals surface area contributed by atoms with Crippen molar-refractivity contribution in [3.8, 4) is 0 Å². The highest BCUT2D eigenvalue weighted by atomic mass is 15.2. The molecule has 0 saturated carbocycles. The van der Waals surface area contributed by atoms with Crippen molar-refractivity contribution in [2.75, 3.05) is 5.73 Å². The highest BCUT2D eigenvalue weighted by molar-refractivity contribution is 5.81. The van der Waals surface area contributed by atoms with E-state index < -0.39 is 0 Å². The van der Waals surface area contributed by atoms with Crippen LogP contribution in [0.4, 0.5) is 5.82 Å². The van der Waals surface area contributed by atoms with Gasteiger partial charge in [0.15, 0.2) is 11.5 Å². The van der Waals surface area contributed by atoms with E-state index in [4.69, 9.17) is 5.73 Å². The van der Waals surface area contributed by atoms with Gasteiger partial charge in [0, 0.05) is 18.8 Å². The Balaban J connectivity index is 2.04. The van der Waals surface area contributed by atoms with Gasteiger partial charge in [-0.15, -0.1) is 0 Å². The Morgan fingerprint density at radius 1 is 1.29 bits per heavy atom. The van der Waals surface area contributed by atoms with E-state index in [2.05, 4.69) is 20.1 Å². The SMILES string of the molecule is Cn1cc(Cn2cnc3c(N)ncnc32)cn1. The number of rotatable bonds is 2. The monoisotopic (exact) mass is 229 g/mol. The number of hydrogen-bond donors (Lipinski definition) is 1. The van der Waals surface area contributed by atoms with Crippen molar-refractivity contribution < 1.29 is 0 Å². The summed E-state index contributed by atoms with van der Waals surface area (Å²) < 4.78 is 3.68. The molecule has 0 aromatic carbocycles. The van der Waals surface area contributed by atoms with Crippen LogP contribution in [-0.2, 0) is 13.6 Å². The van der Waals surface area contributed by atoms with E-state index in [1.54, 1.807) is 11.0 Å². The summed E-state index contributed by atoms with van der Waals surface area (Å²) in [5.74, 6) is 0.403. The highest BCUT2D eigenvalue weighted by Gasteiger charge is 2.08. The van der Waals surface area contributed by atoms with Gasteiger partial charge in [-0.3, -0.25) is 4.68 Å². The van der Waals surface area contributed by atoms with E-state index in [0.717, 1.165) is 11.2 Å². The summed E-state index contributed by atoms with van der Waals surface area (Å²) in [7, 11) is 1.88. The van der Waals surface area contributed by atoms with Gasteiger partial charge in [0.1, 0.15) is 11.8 Å². The molecule has 0 atom stereocenters. The molecular weight excluding hydrogens is 218 g/mol. The molecule has 0 unspecified atom stereocenters. The third-order valence-corrected chi connectivity index (χ3v) is 2.54. The first-order valence-corrected chi connectivity index (χ1v) is 5.13. The zero-order valence-electron chi connectivity index (χ0n) is 9.28. The van der Waals surface area contributed by atoms with Crippen molar-refractivity contribution >= 4 is 17.0 Å². The normalized spacial score (nSPS) is 11.1. The van der Waals surface area contributed by atoms with Crippen LogP contribution in [0.3, 0.4) is 0 Å². The lowest BCUT2D eigenvalue weighted by Crippen LogP contribution is -1.99. The number of nitrogen functional groups attached to an aromatic ring is 1. The molecule has 2 N–H and O–H groups in total. The predicted octanol–water partition coefficient (Wildman–Crippen LogP) is 0.190. The van der Waals surface area contributed by atoms with Crippen LogP contribution < -0.4 is 5.73 Å². The fourth-order valence-electron chi connectivity index (χ4n) is 1.76. The number of fused-ring (bicyclic) bond motifs is 1. The summed E-state index contributed by atoms with van der Waals surface area (Å²) in [6, 6.07) is 0. The molecular formula is C10H11N7. The second kappa shape index (κ2) is 3.55. The van der Waals surface area contributed by atoms with Crippen molar-refractivity contribution in [2.45, 2.75) is 6.54 Å². The number of aryl methyl sites for hydroxylation is 1. The molecule has 0 spiro atoms. The summed E-state index contributed by atoms with van der Waals surface area (Å²) in [5, 5.41) is 4.12. The van der Waals surface area contributed by atoms with Gasteiger partial charge in [-0.05, 0) is 0 Å². The number of aromatic nitrogens is 6. The summed E-state index contributed by atoms with van der Waals surface area (Å²) in [6.45, 7) is 0.667. The van der Waals surface area contributed by atoms with Crippen molar-refractivity contribution in [1.29, 1.82) is 0 Å². The molecule has 0 aliphatic carbocycles. The van der Waals surface area contributed by atoms with E-state index in [0.29, 0.717) is 17.9 Å². The van der Waals surface area contributed by atoms with Gasteiger partial charge in [0.2, 0.25) is 0 Å². The first-order chi connectivity index (χ1) is 8.24. The third kappa shape index (κ3) is 1.61. The Morgan fingerprint density at radius 2 is 2.18 bits per heavy atom. The quantitative estimate of drug-likeness (QED) is 0.677. The van der Waals surface area contributed by atoms with Gasteiger partial charge in [-0.1, -0.05) is 0 Å². The molecule has 3 aromatic rings. The predicted molar refractivity (Wildman–Crippen MR) is 62.0 cm³/mol. The fraction of sp³-hybridized carbons (Fsp3) is 0.200. The molecule has 3 rings (SSSR count). The first-order valence-electron chi connectivity index (χ1n) is 5.13. The maximum Gasteiger partial charge on any atom is 0.165 e. The maximum atomic E-state index is 5.72. The van der Waals surface area contributed by atoms with Gasteiger partial charge in [-0.25, -0.2) is 15.0 Å². The lowest BCUT2D eigenvalue weighted by Gasteiger charge is -2.00. The first kappa shape index (κ1) is 9.76. The smallest absolute Gasteiger partial charge is 0.165 e. The number of nitrogens with zero attached hydrogens (tertiary/aromatic N) is 6. The van der Waals surface area contributed by atoms with Crippen LogP contribution in [0.2, 0.25) is 0 Å². The minimum Gasteiger partial charge on any atom is -0.382 e. The number of imidazole rings is 1. The molecule has 17 heavy (non-hydrogen) atoms. The largest absolute Gasteiger partial charge is 0.382 e. The van der Waals surface area contributed by atoms with Crippen LogP contribution in [0.25, 0.3) is 11.2 Å². The molecule has 86 valence electrons. The average molecular weight is 229 g/mol. The van der Waals surface area contributed by atoms with E-state index in [9.17, 15) is 0 Å². The minimum atomic E-state index is 0.403. The van der Waals surface area contributed by atoms with Crippen LogP contribution in [0, 0.1) is 0 Å². The van der Waals surface area contributed by atoms with Crippen molar-refractivity contribution in [3.05, 3.63) is 30.6 Å². The molecule has 0 aliphatic rings.